The van der Waals surface area contributed by atoms with Crippen LogP contribution in [0.15, 0.2) is 12.1 Å². The molecule has 0 bridgehead atoms. The second-order valence-electron chi connectivity index (χ2n) is 4.67. The highest BCUT2D eigenvalue weighted by atomic mass is 35.5. The van der Waals surface area contributed by atoms with Crippen molar-refractivity contribution in [2.24, 2.45) is 0 Å². The van der Waals surface area contributed by atoms with Crippen molar-refractivity contribution < 1.29 is 9.90 Å². The Hall–Kier alpha value is -1.46. The molecule has 0 spiro atoms. The predicted molar refractivity (Wildman–Crippen MR) is 79.1 cm³/mol. The lowest BCUT2D eigenvalue weighted by Gasteiger charge is -2.13. The molecule has 106 valence electrons. The summed E-state index contributed by atoms with van der Waals surface area (Å²) in [6.07, 6.45) is 1.98. The van der Waals surface area contributed by atoms with Crippen LogP contribution in [0.1, 0.15) is 23.2 Å². The number of hydrogen-bond acceptors (Lipinski definition) is 4. The lowest BCUT2D eigenvalue weighted by molar-refractivity contribution is 0.0698. The summed E-state index contributed by atoms with van der Waals surface area (Å²) >= 11 is 6.03. The second kappa shape index (κ2) is 7.21. The maximum atomic E-state index is 11.1. The SMILES string of the molecule is CN(C)CCCCNc1c(Cl)cc(N)cc1C(=O)O. The van der Waals surface area contributed by atoms with Gasteiger partial charge in [-0.25, -0.2) is 4.79 Å². The molecular weight excluding hydrogens is 266 g/mol. The van der Waals surface area contributed by atoms with Crippen molar-refractivity contribution in [2.45, 2.75) is 12.8 Å². The summed E-state index contributed by atoms with van der Waals surface area (Å²) in [6, 6.07) is 2.96. The van der Waals surface area contributed by atoms with Crippen LogP contribution in [0.4, 0.5) is 11.4 Å². The number of anilines is 2. The Bertz CT molecular complexity index is 450. The molecule has 0 saturated heterocycles. The zero-order valence-corrected chi connectivity index (χ0v) is 12.0. The summed E-state index contributed by atoms with van der Waals surface area (Å²) in [5.74, 6) is -1.04. The summed E-state index contributed by atoms with van der Waals surface area (Å²) in [5.41, 5.74) is 6.49. The van der Waals surface area contributed by atoms with Crippen LogP contribution in [0.3, 0.4) is 0 Å². The minimum atomic E-state index is -1.04. The van der Waals surface area contributed by atoms with Crippen molar-refractivity contribution in [3.05, 3.63) is 22.7 Å². The number of nitrogens with one attached hydrogen (secondary N) is 1. The van der Waals surface area contributed by atoms with Crippen LogP contribution < -0.4 is 11.1 Å². The fourth-order valence-corrected chi connectivity index (χ4v) is 2.04. The van der Waals surface area contributed by atoms with Crippen molar-refractivity contribution in [2.75, 3.05) is 38.2 Å². The number of benzene rings is 1. The minimum absolute atomic E-state index is 0.109. The highest BCUT2D eigenvalue weighted by Crippen LogP contribution is 2.29. The molecule has 5 nitrogen and oxygen atoms in total. The minimum Gasteiger partial charge on any atom is -0.478 e. The van der Waals surface area contributed by atoms with Gasteiger partial charge in [-0.1, -0.05) is 11.6 Å². The first-order chi connectivity index (χ1) is 8.91. The Morgan fingerprint density at radius 3 is 2.68 bits per heavy atom. The van der Waals surface area contributed by atoms with Gasteiger partial charge in [0.05, 0.1) is 16.3 Å². The number of carbonyl (C=O) groups is 1. The molecule has 1 rings (SSSR count). The first-order valence-electron chi connectivity index (χ1n) is 6.12. The van der Waals surface area contributed by atoms with Gasteiger partial charge in [0.1, 0.15) is 0 Å². The molecule has 6 heteroatoms. The van der Waals surface area contributed by atoms with Gasteiger partial charge in [0.15, 0.2) is 0 Å². The molecule has 0 radical (unpaired) electrons. The molecule has 0 unspecified atom stereocenters. The molecule has 0 atom stereocenters. The van der Waals surface area contributed by atoms with E-state index < -0.39 is 5.97 Å². The van der Waals surface area contributed by atoms with E-state index in [1.165, 1.54) is 6.07 Å². The number of hydrogen-bond donors (Lipinski definition) is 3. The van der Waals surface area contributed by atoms with E-state index in [-0.39, 0.29) is 5.56 Å². The van der Waals surface area contributed by atoms with Gasteiger partial charge < -0.3 is 21.1 Å². The number of carboxylic acid groups (broad SMARTS) is 1. The average molecular weight is 286 g/mol. The first kappa shape index (κ1) is 15.6. The van der Waals surface area contributed by atoms with Crippen LogP contribution >= 0.6 is 11.6 Å². The molecule has 0 saturated carbocycles. The molecule has 0 aliphatic carbocycles. The average Bonchev–Trinajstić information content (AvgIpc) is 2.29. The maximum Gasteiger partial charge on any atom is 0.337 e. The Morgan fingerprint density at radius 1 is 1.42 bits per heavy atom. The third-order valence-corrected chi connectivity index (χ3v) is 2.97. The van der Waals surface area contributed by atoms with Gasteiger partial charge in [-0.05, 0) is 45.6 Å². The van der Waals surface area contributed by atoms with Crippen molar-refractivity contribution in [1.82, 2.24) is 4.90 Å². The number of aromatic carboxylic acids is 1. The number of halogens is 1. The summed E-state index contributed by atoms with van der Waals surface area (Å²) in [7, 11) is 4.04. The van der Waals surface area contributed by atoms with E-state index in [4.69, 9.17) is 22.4 Å². The van der Waals surface area contributed by atoms with E-state index in [1.54, 1.807) is 6.07 Å². The number of rotatable bonds is 7. The van der Waals surface area contributed by atoms with Gasteiger partial charge in [0.2, 0.25) is 0 Å². The van der Waals surface area contributed by atoms with Gasteiger partial charge in [0, 0.05) is 12.2 Å². The van der Waals surface area contributed by atoms with Crippen molar-refractivity contribution in [1.29, 1.82) is 0 Å². The summed E-state index contributed by atoms with van der Waals surface area (Å²) in [4.78, 5) is 13.3. The van der Waals surface area contributed by atoms with E-state index in [2.05, 4.69) is 10.2 Å². The van der Waals surface area contributed by atoms with E-state index in [1.807, 2.05) is 14.1 Å². The smallest absolute Gasteiger partial charge is 0.337 e. The normalized spacial score (nSPS) is 10.7. The predicted octanol–water partition coefficient (Wildman–Crippen LogP) is 2.37. The number of nitrogen functional groups attached to an aromatic ring is 1. The van der Waals surface area contributed by atoms with Gasteiger partial charge in [-0.2, -0.15) is 0 Å². The Morgan fingerprint density at radius 2 is 2.11 bits per heavy atom. The Kier molecular flexibility index (Phi) is 5.92. The molecule has 0 heterocycles. The van der Waals surface area contributed by atoms with Crippen LogP contribution in [0.5, 0.6) is 0 Å². The van der Waals surface area contributed by atoms with E-state index in [9.17, 15) is 4.79 Å². The lowest BCUT2D eigenvalue weighted by Crippen LogP contribution is -2.15. The van der Waals surface area contributed by atoms with Gasteiger partial charge >= 0.3 is 5.97 Å². The molecule has 0 aliphatic rings. The van der Waals surface area contributed by atoms with Gasteiger partial charge in [0.25, 0.3) is 0 Å². The zero-order chi connectivity index (χ0) is 14.4. The molecule has 0 aromatic heterocycles. The number of nitrogens with zero attached hydrogens (tertiary/aromatic N) is 1. The molecule has 0 amide bonds. The summed E-state index contributed by atoms with van der Waals surface area (Å²) in [5, 5.41) is 12.5. The lowest BCUT2D eigenvalue weighted by atomic mass is 10.1. The number of unbranched alkanes of at least 4 members (excludes halogenated alkanes) is 1. The van der Waals surface area contributed by atoms with Crippen molar-refractivity contribution in [3.8, 4) is 0 Å². The van der Waals surface area contributed by atoms with Gasteiger partial charge in [-0.3, -0.25) is 0 Å². The van der Waals surface area contributed by atoms with Crippen LogP contribution in [-0.2, 0) is 0 Å². The maximum absolute atomic E-state index is 11.1. The highest BCUT2D eigenvalue weighted by molar-refractivity contribution is 6.34. The molecule has 1 aromatic carbocycles. The van der Waals surface area contributed by atoms with Crippen molar-refractivity contribution >= 4 is 28.9 Å². The van der Waals surface area contributed by atoms with Crippen molar-refractivity contribution in [3.63, 3.8) is 0 Å². The molecular formula is C13H20ClN3O2. The van der Waals surface area contributed by atoms with Crippen LogP contribution in [0.25, 0.3) is 0 Å². The fraction of sp³-hybridized carbons (Fsp3) is 0.462. The molecule has 1 aromatic rings. The molecule has 0 aliphatic heterocycles. The van der Waals surface area contributed by atoms with E-state index in [0.29, 0.717) is 22.9 Å². The second-order valence-corrected chi connectivity index (χ2v) is 5.07. The van der Waals surface area contributed by atoms with Crippen LogP contribution in [-0.4, -0.2) is 43.2 Å². The molecule has 4 N–H and O–H groups in total. The fourth-order valence-electron chi connectivity index (χ4n) is 1.74. The monoisotopic (exact) mass is 285 g/mol. The quantitative estimate of drug-likeness (QED) is 0.529. The third-order valence-electron chi connectivity index (χ3n) is 2.68. The topological polar surface area (TPSA) is 78.6 Å². The number of carboxylic acids is 1. The van der Waals surface area contributed by atoms with Crippen LogP contribution in [0.2, 0.25) is 5.02 Å². The largest absolute Gasteiger partial charge is 0.478 e. The van der Waals surface area contributed by atoms with Gasteiger partial charge in [-0.15, -0.1) is 0 Å². The standard InChI is InChI=1S/C13H20ClN3O2/c1-17(2)6-4-3-5-16-12-10(13(18)19)7-9(15)8-11(12)14/h7-8,16H,3-6,15H2,1-2H3,(H,18,19). The number of nitrogens with two attached hydrogens (primary N) is 1. The Labute approximate surface area is 118 Å². The Balaban J connectivity index is 2.64. The first-order valence-corrected chi connectivity index (χ1v) is 6.50. The summed E-state index contributed by atoms with van der Waals surface area (Å²) in [6.45, 7) is 1.68. The third kappa shape index (κ3) is 4.96. The summed E-state index contributed by atoms with van der Waals surface area (Å²) < 4.78 is 0. The molecule has 0 fully saturated rings. The zero-order valence-electron chi connectivity index (χ0n) is 11.2. The highest BCUT2D eigenvalue weighted by Gasteiger charge is 2.14. The van der Waals surface area contributed by atoms with E-state index in [0.717, 1.165) is 19.4 Å². The molecule has 19 heavy (non-hydrogen) atoms. The van der Waals surface area contributed by atoms with E-state index >= 15 is 0 Å². The van der Waals surface area contributed by atoms with Crippen LogP contribution in [0, 0.1) is 0 Å².